The summed E-state index contributed by atoms with van der Waals surface area (Å²) in [6, 6.07) is 5.61. The zero-order chi connectivity index (χ0) is 16.1. The van der Waals surface area contributed by atoms with Gasteiger partial charge in [0.15, 0.2) is 0 Å². The van der Waals surface area contributed by atoms with E-state index in [1.54, 1.807) is 11.8 Å². The standard InChI is InChI=1S/C18H20N2O3/c1-11(21)19-9-8-12-6-7-13(10-16(12)19)20-17(22)14-4-2-3-5-15(14)18(20)23/h6-7,10,14-15H,2-5,8-9H2,1H3. The number of carbonyl (C=O) groups excluding carboxylic acids is 3. The first-order valence-electron chi connectivity index (χ1n) is 8.37. The van der Waals surface area contributed by atoms with Crippen LogP contribution in [0.15, 0.2) is 18.2 Å². The molecule has 0 radical (unpaired) electrons. The second-order valence-electron chi connectivity index (χ2n) is 6.74. The fourth-order valence-corrected chi connectivity index (χ4v) is 4.25. The van der Waals surface area contributed by atoms with Gasteiger partial charge < -0.3 is 4.90 Å². The van der Waals surface area contributed by atoms with Gasteiger partial charge in [0.2, 0.25) is 17.7 Å². The summed E-state index contributed by atoms with van der Waals surface area (Å²) >= 11 is 0. The van der Waals surface area contributed by atoms with Crippen molar-refractivity contribution in [1.82, 2.24) is 0 Å². The van der Waals surface area contributed by atoms with Crippen molar-refractivity contribution >= 4 is 29.1 Å². The van der Waals surface area contributed by atoms with E-state index in [0.29, 0.717) is 12.2 Å². The lowest BCUT2D eigenvalue weighted by atomic mass is 9.81. The van der Waals surface area contributed by atoms with Gasteiger partial charge >= 0.3 is 0 Å². The number of imide groups is 1. The molecule has 4 rings (SSSR count). The first kappa shape index (κ1) is 14.4. The summed E-state index contributed by atoms with van der Waals surface area (Å²) in [5.41, 5.74) is 2.55. The van der Waals surface area contributed by atoms with Crippen LogP contribution < -0.4 is 9.80 Å². The number of amides is 3. The number of benzene rings is 1. The zero-order valence-corrected chi connectivity index (χ0v) is 13.2. The summed E-state index contributed by atoms with van der Waals surface area (Å²) in [5.74, 6) is -0.422. The normalized spacial score (nSPS) is 26.5. The monoisotopic (exact) mass is 312 g/mol. The maximum atomic E-state index is 12.7. The summed E-state index contributed by atoms with van der Waals surface area (Å²) in [6.07, 6.45) is 4.50. The number of anilines is 2. The van der Waals surface area contributed by atoms with Crippen LogP contribution >= 0.6 is 0 Å². The molecule has 5 heteroatoms. The minimum Gasteiger partial charge on any atom is -0.312 e. The van der Waals surface area contributed by atoms with Crippen LogP contribution in [0, 0.1) is 11.8 Å². The average Bonchev–Trinajstić information content (AvgIpc) is 3.07. The van der Waals surface area contributed by atoms with Crippen molar-refractivity contribution < 1.29 is 14.4 Å². The first-order chi connectivity index (χ1) is 11.1. The van der Waals surface area contributed by atoms with Crippen LogP contribution in [0.4, 0.5) is 11.4 Å². The molecule has 23 heavy (non-hydrogen) atoms. The van der Waals surface area contributed by atoms with Gasteiger partial charge in [0.05, 0.1) is 17.5 Å². The second kappa shape index (κ2) is 5.18. The van der Waals surface area contributed by atoms with E-state index in [2.05, 4.69) is 0 Å². The lowest BCUT2D eigenvalue weighted by molar-refractivity contribution is -0.122. The molecule has 1 aliphatic carbocycles. The van der Waals surface area contributed by atoms with Crippen LogP contribution in [-0.4, -0.2) is 24.3 Å². The van der Waals surface area contributed by atoms with Crippen LogP contribution in [0.2, 0.25) is 0 Å². The molecule has 2 aliphatic heterocycles. The maximum Gasteiger partial charge on any atom is 0.237 e. The molecule has 2 atom stereocenters. The molecule has 0 aromatic heterocycles. The third-order valence-corrected chi connectivity index (χ3v) is 5.44. The predicted octanol–water partition coefficient (Wildman–Crippen LogP) is 2.28. The quantitative estimate of drug-likeness (QED) is 0.748. The Balaban J connectivity index is 1.71. The molecule has 1 aromatic carbocycles. The minimum absolute atomic E-state index is 0.00588. The van der Waals surface area contributed by atoms with E-state index in [9.17, 15) is 14.4 Å². The fourth-order valence-electron chi connectivity index (χ4n) is 4.25. The number of nitrogens with zero attached hydrogens (tertiary/aromatic N) is 2. The Bertz CT molecular complexity index is 688. The third kappa shape index (κ3) is 2.10. The van der Waals surface area contributed by atoms with Gasteiger partial charge in [-0.2, -0.15) is 0 Å². The molecular weight excluding hydrogens is 292 g/mol. The van der Waals surface area contributed by atoms with Crippen LogP contribution in [0.1, 0.15) is 38.2 Å². The largest absolute Gasteiger partial charge is 0.312 e. The van der Waals surface area contributed by atoms with Crippen LogP contribution in [0.3, 0.4) is 0 Å². The molecule has 3 aliphatic rings. The molecule has 2 fully saturated rings. The lowest BCUT2D eigenvalue weighted by Gasteiger charge is -2.19. The van der Waals surface area contributed by atoms with Crippen molar-refractivity contribution in [3.8, 4) is 0 Å². The van der Waals surface area contributed by atoms with E-state index in [0.717, 1.165) is 43.4 Å². The molecule has 1 aromatic rings. The van der Waals surface area contributed by atoms with Gasteiger partial charge in [-0.05, 0) is 37.0 Å². The van der Waals surface area contributed by atoms with Crippen molar-refractivity contribution in [2.24, 2.45) is 11.8 Å². The Morgan fingerprint density at radius 2 is 1.74 bits per heavy atom. The Morgan fingerprint density at radius 1 is 1.09 bits per heavy atom. The Hall–Kier alpha value is -2.17. The number of fused-ring (bicyclic) bond motifs is 2. The van der Waals surface area contributed by atoms with Crippen molar-refractivity contribution in [2.45, 2.75) is 39.0 Å². The van der Waals surface area contributed by atoms with E-state index in [4.69, 9.17) is 0 Å². The molecule has 120 valence electrons. The van der Waals surface area contributed by atoms with Gasteiger partial charge in [-0.15, -0.1) is 0 Å². The maximum absolute atomic E-state index is 12.7. The molecule has 0 N–H and O–H groups in total. The van der Waals surface area contributed by atoms with Gasteiger partial charge in [0.25, 0.3) is 0 Å². The molecule has 1 saturated heterocycles. The highest BCUT2D eigenvalue weighted by molar-refractivity contribution is 6.22. The van der Waals surface area contributed by atoms with Crippen molar-refractivity contribution in [2.75, 3.05) is 16.3 Å². The molecule has 0 spiro atoms. The Morgan fingerprint density at radius 3 is 2.35 bits per heavy atom. The summed E-state index contributed by atoms with van der Waals surface area (Å²) < 4.78 is 0. The molecule has 0 bridgehead atoms. The first-order valence-corrected chi connectivity index (χ1v) is 8.37. The highest BCUT2D eigenvalue weighted by Crippen LogP contribution is 2.41. The highest BCUT2D eigenvalue weighted by Gasteiger charge is 2.48. The van der Waals surface area contributed by atoms with Gasteiger partial charge in [0.1, 0.15) is 0 Å². The Kier molecular flexibility index (Phi) is 3.25. The van der Waals surface area contributed by atoms with Crippen molar-refractivity contribution in [3.05, 3.63) is 23.8 Å². The molecule has 5 nitrogen and oxygen atoms in total. The lowest BCUT2D eigenvalue weighted by Crippen LogP contribution is -2.31. The predicted molar refractivity (Wildman–Crippen MR) is 86.1 cm³/mol. The summed E-state index contributed by atoms with van der Waals surface area (Å²) in [4.78, 5) is 40.2. The molecule has 1 saturated carbocycles. The van der Waals surface area contributed by atoms with E-state index >= 15 is 0 Å². The molecule has 3 amide bonds. The second-order valence-corrected chi connectivity index (χ2v) is 6.74. The van der Waals surface area contributed by atoms with Crippen molar-refractivity contribution in [3.63, 3.8) is 0 Å². The van der Waals surface area contributed by atoms with Crippen LogP contribution in [0.5, 0.6) is 0 Å². The number of carbonyl (C=O) groups is 3. The number of hydrogen-bond acceptors (Lipinski definition) is 3. The third-order valence-electron chi connectivity index (χ3n) is 5.44. The van der Waals surface area contributed by atoms with Gasteiger partial charge in [-0.3, -0.25) is 14.4 Å². The van der Waals surface area contributed by atoms with Gasteiger partial charge in [-0.25, -0.2) is 4.90 Å². The number of rotatable bonds is 1. The Labute approximate surface area is 135 Å². The van der Waals surface area contributed by atoms with E-state index < -0.39 is 0 Å². The van der Waals surface area contributed by atoms with E-state index in [1.807, 2.05) is 18.2 Å². The van der Waals surface area contributed by atoms with Crippen molar-refractivity contribution in [1.29, 1.82) is 0 Å². The number of hydrogen-bond donors (Lipinski definition) is 0. The highest BCUT2D eigenvalue weighted by atomic mass is 16.2. The minimum atomic E-state index is -0.145. The molecular formula is C18H20N2O3. The van der Waals surface area contributed by atoms with Crippen LogP contribution in [0.25, 0.3) is 0 Å². The summed E-state index contributed by atoms with van der Waals surface area (Å²) in [6.45, 7) is 2.21. The van der Waals surface area contributed by atoms with Crippen LogP contribution in [-0.2, 0) is 20.8 Å². The van der Waals surface area contributed by atoms with E-state index in [-0.39, 0.29) is 29.6 Å². The average molecular weight is 312 g/mol. The molecule has 2 heterocycles. The van der Waals surface area contributed by atoms with Gasteiger partial charge in [-0.1, -0.05) is 18.9 Å². The fraction of sp³-hybridized carbons (Fsp3) is 0.500. The zero-order valence-electron chi connectivity index (χ0n) is 13.2. The molecule has 2 unspecified atom stereocenters. The SMILES string of the molecule is CC(=O)N1CCc2ccc(N3C(=O)C4CCCCC4C3=O)cc21. The smallest absolute Gasteiger partial charge is 0.237 e. The van der Waals surface area contributed by atoms with E-state index in [1.165, 1.54) is 4.90 Å². The summed E-state index contributed by atoms with van der Waals surface area (Å²) in [7, 11) is 0. The topological polar surface area (TPSA) is 57.7 Å². The summed E-state index contributed by atoms with van der Waals surface area (Å²) in [5, 5.41) is 0. The van der Waals surface area contributed by atoms with Gasteiger partial charge in [0, 0.05) is 19.2 Å².